The van der Waals surface area contributed by atoms with Crippen molar-refractivity contribution >= 4 is 17.3 Å². The summed E-state index contributed by atoms with van der Waals surface area (Å²) in [6, 6.07) is 6.33. The van der Waals surface area contributed by atoms with Crippen LogP contribution in [0.3, 0.4) is 0 Å². The molecule has 0 saturated heterocycles. The van der Waals surface area contributed by atoms with Gasteiger partial charge in [0.15, 0.2) is 0 Å². The van der Waals surface area contributed by atoms with E-state index in [0.717, 1.165) is 29.9 Å². The van der Waals surface area contributed by atoms with Crippen molar-refractivity contribution in [3.63, 3.8) is 0 Å². The van der Waals surface area contributed by atoms with Gasteiger partial charge in [-0.3, -0.25) is 4.79 Å². The van der Waals surface area contributed by atoms with Crippen LogP contribution < -0.4 is 20.1 Å². The van der Waals surface area contributed by atoms with Crippen LogP contribution in [0.2, 0.25) is 0 Å². The van der Waals surface area contributed by atoms with E-state index in [1.165, 1.54) is 6.07 Å². The first kappa shape index (κ1) is 18.9. The number of carbonyl (C=O) groups is 1. The molecule has 27 heavy (non-hydrogen) atoms. The highest BCUT2D eigenvalue weighted by atomic mass is 19.1. The molecule has 0 fully saturated rings. The third-order valence-corrected chi connectivity index (χ3v) is 4.27. The molecule has 144 valence electrons. The lowest BCUT2D eigenvalue weighted by atomic mass is 10.1. The van der Waals surface area contributed by atoms with Crippen molar-refractivity contribution in [3.8, 4) is 11.5 Å². The average molecular weight is 376 g/mol. The predicted octanol–water partition coefficient (Wildman–Crippen LogP) is 4.13. The molecule has 2 atom stereocenters. The predicted molar refractivity (Wildman–Crippen MR) is 99.5 cm³/mol. The van der Waals surface area contributed by atoms with Crippen LogP contribution in [-0.2, 0) is 11.2 Å². The van der Waals surface area contributed by atoms with Gasteiger partial charge in [-0.15, -0.1) is 0 Å². The summed E-state index contributed by atoms with van der Waals surface area (Å²) in [5.41, 5.74) is 1.16. The number of hydrogen-bond donors (Lipinski definition) is 2. The molecule has 1 amide bonds. The molecule has 0 bridgehead atoms. The summed E-state index contributed by atoms with van der Waals surface area (Å²) in [5.74, 6) is -0.890. The fraction of sp³-hybridized carbons (Fsp3) is 0.350. The summed E-state index contributed by atoms with van der Waals surface area (Å²) in [7, 11) is 0. The summed E-state index contributed by atoms with van der Waals surface area (Å²) < 4.78 is 38.9. The molecule has 7 heteroatoms. The summed E-state index contributed by atoms with van der Waals surface area (Å²) in [4.78, 5) is 12.4. The molecule has 0 saturated carbocycles. The number of benzene rings is 2. The van der Waals surface area contributed by atoms with E-state index in [-0.39, 0.29) is 6.10 Å². The van der Waals surface area contributed by atoms with Crippen LogP contribution in [-0.4, -0.2) is 24.7 Å². The Balaban J connectivity index is 1.78. The molecule has 0 unspecified atom stereocenters. The molecule has 5 nitrogen and oxygen atoms in total. The molecule has 2 N–H and O–H groups in total. The molecule has 2 aromatic rings. The quantitative estimate of drug-likeness (QED) is 0.796. The zero-order chi connectivity index (χ0) is 19.6. The van der Waals surface area contributed by atoms with Crippen molar-refractivity contribution in [2.75, 3.05) is 17.2 Å². The number of carbonyl (C=O) groups excluding carboxylic acids is 1. The van der Waals surface area contributed by atoms with Crippen LogP contribution in [0.1, 0.15) is 26.3 Å². The van der Waals surface area contributed by atoms with Crippen molar-refractivity contribution < 1.29 is 23.0 Å². The first-order chi connectivity index (χ1) is 12.9. The van der Waals surface area contributed by atoms with Crippen LogP contribution in [0.4, 0.5) is 20.2 Å². The van der Waals surface area contributed by atoms with E-state index in [4.69, 9.17) is 9.47 Å². The minimum absolute atomic E-state index is 0.0782. The monoisotopic (exact) mass is 376 g/mol. The van der Waals surface area contributed by atoms with Gasteiger partial charge in [0, 0.05) is 18.1 Å². The van der Waals surface area contributed by atoms with Crippen molar-refractivity contribution in [1.29, 1.82) is 0 Å². The number of nitrogens with one attached hydrogen (secondary N) is 2. The molecule has 0 radical (unpaired) electrons. The number of fused-ring (bicyclic) bond motifs is 1. The molecule has 3 rings (SSSR count). The molecule has 2 aromatic carbocycles. The van der Waals surface area contributed by atoms with Crippen LogP contribution in [0.25, 0.3) is 0 Å². The molecule has 0 spiro atoms. The van der Waals surface area contributed by atoms with Gasteiger partial charge in [0.1, 0.15) is 41.0 Å². The second-order valence-electron chi connectivity index (χ2n) is 6.47. The maximum atomic E-state index is 13.7. The molecular weight excluding hydrogens is 354 g/mol. The number of para-hydroxylation sites is 1. The molecular formula is C20H22F2N2O3. The Hall–Kier alpha value is -2.83. The largest absolute Gasteiger partial charge is 0.492 e. The van der Waals surface area contributed by atoms with E-state index in [1.807, 2.05) is 19.9 Å². The van der Waals surface area contributed by atoms with Gasteiger partial charge in [0.2, 0.25) is 5.91 Å². The maximum Gasteiger partial charge on any atom is 0.246 e. The number of halogens is 2. The molecule has 1 aliphatic rings. The van der Waals surface area contributed by atoms with E-state index >= 15 is 0 Å². The summed E-state index contributed by atoms with van der Waals surface area (Å²) in [6.45, 7) is 5.91. The second kappa shape index (κ2) is 7.82. The lowest BCUT2D eigenvalue weighted by molar-refractivity contribution is -0.116. The third-order valence-electron chi connectivity index (χ3n) is 4.27. The molecule has 0 aromatic heterocycles. The normalized spacial score (nSPS) is 16.3. The van der Waals surface area contributed by atoms with E-state index in [9.17, 15) is 13.6 Å². The lowest BCUT2D eigenvalue weighted by Gasteiger charge is -2.19. The smallest absolute Gasteiger partial charge is 0.246 e. The van der Waals surface area contributed by atoms with E-state index in [0.29, 0.717) is 18.0 Å². The standard InChI is InChI=1S/C20H22F2N2O3/c1-4-26-18-9-13-8-11(2)27-17(13)10-16(18)23-12(3)20(25)24-19-14(21)6-5-7-15(19)22/h5-7,9-12,23H,4,8H2,1-3H3,(H,24,25)/t11-,12+/m1/s1. The highest BCUT2D eigenvalue weighted by Gasteiger charge is 2.24. The number of rotatable bonds is 6. The van der Waals surface area contributed by atoms with Gasteiger partial charge in [0.05, 0.1) is 12.3 Å². The van der Waals surface area contributed by atoms with Gasteiger partial charge >= 0.3 is 0 Å². The van der Waals surface area contributed by atoms with Crippen molar-refractivity contribution in [3.05, 3.63) is 47.5 Å². The Morgan fingerprint density at radius 1 is 1.33 bits per heavy atom. The zero-order valence-corrected chi connectivity index (χ0v) is 15.4. The number of amides is 1. The van der Waals surface area contributed by atoms with Crippen molar-refractivity contribution in [1.82, 2.24) is 0 Å². The Labute approximate surface area is 156 Å². The summed E-state index contributed by atoms with van der Waals surface area (Å²) in [5, 5.41) is 5.32. The van der Waals surface area contributed by atoms with Gasteiger partial charge in [-0.1, -0.05) is 6.07 Å². The fourth-order valence-electron chi connectivity index (χ4n) is 2.97. The van der Waals surface area contributed by atoms with Crippen molar-refractivity contribution in [2.45, 2.75) is 39.3 Å². The third kappa shape index (κ3) is 4.13. The van der Waals surface area contributed by atoms with Crippen LogP contribution in [0.5, 0.6) is 11.5 Å². The van der Waals surface area contributed by atoms with Crippen molar-refractivity contribution in [2.24, 2.45) is 0 Å². The van der Waals surface area contributed by atoms with Crippen LogP contribution in [0.15, 0.2) is 30.3 Å². The van der Waals surface area contributed by atoms with Gasteiger partial charge in [-0.25, -0.2) is 8.78 Å². The highest BCUT2D eigenvalue weighted by molar-refractivity contribution is 5.96. The molecule has 1 aliphatic heterocycles. The Morgan fingerprint density at radius 2 is 2.04 bits per heavy atom. The SMILES string of the molecule is CCOc1cc2c(cc1N[C@@H](C)C(=O)Nc1c(F)cccc1F)O[C@H](C)C2. The molecule has 1 heterocycles. The first-order valence-electron chi connectivity index (χ1n) is 8.86. The van der Waals surface area contributed by atoms with Gasteiger partial charge in [0.25, 0.3) is 0 Å². The van der Waals surface area contributed by atoms with Gasteiger partial charge in [-0.05, 0) is 39.0 Å². The Morgan fingerprint density at radius 3 is 2.70 bits per heavy atom. The summed E-state index contributed by atoms with van der Waals surface area (Å²) >= 11 is 0. The van der Waals surface area contributed by atoms with E-state index in [1.54, 1.807) is 13.0 Å². The van der Waals surface area contributed by atoms with Crippen LogP contribution in [0, 0.1) is 11.6 Å². The molecule has 0 aliphatic carbocycles. The topological polar surface area (TPSA) is 59.6 Å². The average Bonchev–Trinajstić information content (AvgIpc) is 2.97. The second-order valence-corrected chi connectivity index (χ2v) is 6.47. The minimum atomic E-state index is -0.828. The first-order valence-corrected chi connectivity index (χ1v) is 8.86. The number of hydrogen-bond acceptors (Lipinski definition) is 4. The Bertz CT molecular complexity index is 837. The van der Waals surface area contributed by atoms with Gasteiger partial charge in [-0.2, -0.15) is 0 Å². The maximum absolute atomic E-state index is 13.7. The van der Waals surface area contributed by atoms with Crippen LogP contribution >= 0.6 is 0 Å². The van der Waals surface area contributed by atoms with Gasteiger partial charge < -0.3 is 20.1 Å². The summed E-state index contributed by atoms with van der Waals surface area (Å²) in [6.07, 6.45) is 0.868. The minimum Gasteiger partial charge on any atom is -0.492 e. The number of ether oxygens (including phenoxy) is 2. The van der Waals surface area contributed by atoms with E-state index < -0.39 is 29.3 Å². The Kier molecular flexibility index (Phi) is 5.48. The van der Waals surface area contributed by atoms with E-state index in [2.05, 4.69) is 10.6 Å². The number of anilines is 2. The zero-order valence-electron chi connectivity index (χ0n) is 15.4. The highest BCUT2D eigenvalue weighted by Crippen LogP contribution is 2.38. The lowest BCUT2D eigenvalue weighted by Crippen LogP contribution is -2.32. The fourth-order valence-corrected chi connectivity index (χ4v) is 2.97.